The molecule has 2 aromatic heterocycles. The molecule has 3 N–H and O–H groups in total. The Morgan fingerprint density at radius 3 is 2.70 bits per heavy atom. The normalized spacial score (nSPS) is 11.4. The molecule has 1 aromatic carbocycles. The van der Waals surface area contributed by atoms with Gasteiger partial charge in [0.25, 0.3) is 5.91 Å². The molecule has 12 heteroatoms. The summed E-state index contributed by atoms with van der Waals surface area (Å²) in [5, 5.41) is 7.80. The lowest BCUT2D eigenvalue weighted by molar-refractivity contribution is -0.119. The number of primary amides is 1. The lowest BCUT2D eigenvalue weighted by Crippen LogP contribution is -2.23. The fraction of sp³-hybridized carbons (Fsp3) is 0.200. The standard InChI is InChI=1S/C15H16N6O5S/c1-21-8-10(6-17-21)15-19-14(26-20-15)7-18-27(23,24)12-4-2-11(3-5-12)25-9-13(16)22/h2-6,8,18H,7,9H2,1H3,(H2,16,22). The molecule has 0 atom stereocenters. The van der Waals surface area contributed by atoms with E-state index in [4.69, 9.17) is 15.0 Å². The van der Waals surface area contributed by atoms with E-state index < -0.39 is 15.9 Å². The minimum absolute atomic E-state index is 0.0147. The predicted octanol–water partition coefficient (Wildman–Crippen LogP) is -0.187. The molecule has 0 saturated carbocycles. The summed E-state index contributed by atoms with van der Waals surface area (Å²) in [5.74, 6) is 0.122. The smallest absolute Gasteiger partial charge is 0.255 e. The van der Waals surface area contributed by atoms with Crippen LogP contribution in [0.15, 0.2) is 46.1 Å². The molecule has 0 bridgehead atoms. The molecule has 0 unspecified atom stereocenters. The predicted molar refractivity (Wildman–Crippen MR) is 91.7 cm³/mol. The molecule has 0 fully saturated rings. The van der Waals surface area contributed by atoms with Crippen LogP contribution in [0.1, 0.15) is 5.89 Å². The van der Waals surface area contributed by atoms with Crippen LogP contribution in [0.5, 0.6) is 5.75 Å². The Labute approximate surface area is 154 Å². The number of nitrogens with two attached hydrogens (primary N) is 1. The third kappa shape index (κ3) is 4.68. The zero-order chi connectivity index (χ0) is 19.4. The molecule has 3 rings (SSSR count). The molecule has 3 aromatic rings. The number of rotatable bonds is 8. The van der Waals surface area contributed by atoms with Crippen molar-refractivity contribution in [2.24, 2.45) is 12.8 Å². The number of hydrogen-bond acceptors (Lipinski definition) is 8. The Morgan fingerprint density at radius 2 is 2.07 bits per heavy atom. The van der Waals surface area contributed by atoms with Gasteiger partial charge in [-0.2, -0.15) is 10.1 Å². The molecular weight excluding hydrogens is 376 g/mol. The van der Waals surface area contributed by atoms with Crippen LogP contribution in [-0.4, -0.2) is 40.9 Å². The van der Waals surface area contributed by atoms with Gasteiger partial charge in [0.1, 0.15) is 5.75 Å². The van der Waals surface area contributed by atoms with Crippen molar-refractivity contribution in [2.75, 3.05) is 6.61 Å². The summed E-state index contributed by atoms with van der Waals surface area (Å²) >= 11 is 0. The van der Waals surface area contributed by atoms with Gasteiger partial charge < -0.3 is 15.0 Å². The molecule has 0 aliphatic rings. The molecule has 142 valence electrons. The molecule has 1 amide bonds. The summed E-state index contributed by atoms with van der Waals surface area (Å²) in [5.41, 5.74) is 5.63. The van der Waals surface area contributed by atoms with Gasteiger partial charge in [0.05, 0.1) is 23.2 Å². The third-order valence-electron chi connectivity index (χ3n) is 3.36. The van der Waals surface area contributed by atoms with E-state index in [1.54, 1.807) is 24.1 Å². The summed E-state index contributed by atoms with van der Waals surface area (Å²) in [6.45, 7) is -0.462. The minimum Gasteiger partial charge on any atom is -0.484 e. The van der Waals surface area contributed by atoms with E-state index in [2.05, 4.69) is 20.0 Å². The van der Waals surface area contributed by atoms with Crippen LogP contribution in [-0.2, 0) is 28.4 Å². The van der Waals surface area contributed by atoms with Crippen molar-refractivity contribution >= 4 is 15.9 Å². The second kappa shape index (κ2) is 7.55. The SMILES string of the molecule is Cn1cc(-c2noc(CNS(=O)(=O)c3ccc(OCC(N)=O)cc3)n2)cn1. The maximum Gasteiger partial charge on any atom is 0.255 e. The minimum atomic E-state index is -3.80. The number of nitrogens with zero attached hydrogens (tertiary/aromatic N) is 4. The maximum absolute atomic E-state index is 12.3. The van der Waals surface area contributed by atoms with E-state index in [1.165, 1.54) is 24.3 Å². The largest absolute Gasteiger partial charge is 0.484 e. The van der Waals surface area contributed by atoms with Crippen LogP contribution >= 0.6 is 0 Å². The van der Waals surface area contributed by atoms with Crippen molar-refractivity contribution in [1.29, 1.82) is 0 Å². The van der Waals surface area contributed by atoms with Gasteiger partial charge in [-0.15, -0.1) is 0 Å². The molecule has 0 aliphatic carbocycles. The highest BCUT2D eigenvalue weighted by atomic mass is 32.2. The number of carbonyl (C=O) groups excluding carboxylic acids is 1. The lowest BCUT2D eigenvalue weighted by atomic mass is 10.3. The Morgan fingerprint density at radius 1 is 1.33 bits per heavy atom. The first-order valence-corrected chi connectivity index (χ1v) is 9.14. The van der Waals surface area contributed by atoms with Crippen molar-refractivity contribution in [3.8, 4) is 17.1 Å². The van der Waals surface area contributed by atoms with Crippen molar-refractivity contribution in [1.82, 2.24) is 24.6 Å². The average Bonchev–Trinajstić information content (AvgIpc) is 3.27. The third-order valence-corrected chi connectivity index (χ3v) is 4.78. The van der Waals surface area contributed by atoms with Gasteiger partial charge >= 0.3 is 0 Å². The molecule has 11 nitrogen and oxygen atoms in total. The number of carbonyl (C=O) groups is 1. The topological polar surface area (TPSA) is 155 Å². The molecule has 0 spiro atoms. The summed E-state index contributed by atoms with van der Waals surface area (Å²) in [7, 11) is -2.05. The first-order chi connectivity index (χ1) is 12.8. The van der Waals surface area contributed by atoms with Crippen LogP contribution in [0.3, 0.4) is 0 Å². The van der Waals surface area contributed by atoms with Gasteiger partial charge in [-0.3, -0.25) is 9.48 Å². The van der Waals surface area contributed by atoms with Crippen molar-refractivity contribution in [2.45, 2.75) is 11.4 Å². The summed E-state index contributed by atoms with van der Waals surface area (Å²) < 4.78 is 38.8. The molecular formula is C15H16N6O5S. The first kappa shape index (κ1) is 18.5. The van der Waals surface area contributed by atoms with Crippen LogP contribution in [0, 0.1) is 0 Å². The summed E-state index contributed by atoms with van der Waals surface area (Å²) in [6.07, 6.45) is 3.28. The van der Waals surface area contributed by atoms with Gasteiger partial charge in [0.15, 0.2) is 6.61 Å². The van der Waals surface area contributed by atoms with Gasteiger partial charge in [0.2, 0.25) is 21.7 Å². The zero-order valence-corrected chi connectivity index (χ0v) is 15.0. The fourth-order valence-electron chi connectivity index (χ4n) is 2.09. The number of nitrogens with one attached hydrogen (secondary N) is 1. The van der Waals surface area contributed by atoms with E-state index >= 15 is 0 Å². The Kier molecular flexibility index (Phi) is 5.19. The monoisotopic (exact) mass is 392 g/mol. The second-order valence-electron chi connectivity index (χ2n) is 5.47. The van der Waals surface area contributed by atoms with Crippen LogP contribution < -0.4 is 15.2 Å². The number of hydrogen-bond donors (Lipinski definition) is 2. The number of sulfonamides is 1. The van der Waals surface area contributed by atoms with Crippen LogP contribution in [0.4, 0.5) is 0 Å². The van der Waals surface area contributed by atoms with Gasteiger partial charge in [-0.1, -0.05) is 5.16 Å². The van der Waals surface area contributed by atoms with E-state index in [9.17, 15) is 13.2 Å². The second-order valence-corrected chi connectivity index (χ2v) is 7.23. The van der Waals surface area contributed by atoms with Crippen LogP contribution in [0.2, 0.25) is 0 Å². The fourth-order valence-corrected chi connectivity index (χ4v) is 3.06. The number of aromatic nitrogens is 4. The van der Waals surface area contributed by atoms with Crippen molar-refractivity contribution in [3.05, 3.63) is 42.5 Å². The van der Waals surface area contributed by atoms with Gasteiger partial charge in [0, 0.05) is 13.2 Å². The quantitative estimate of drug-likeness (QED) is 0.534. The highest BCUT2D eigenvalue weighted by Crippen LogP contribution is 2.17. The van der Waals surface area contributed by atoms with E-state index in [1.807, 2.05) is 0 Å². The number of ether oxygens (including phenoxy) is 1. The van der Waals surface area contributed by atoms with E-state index in [0.29, 0.717) is 17.1 Å². The highest BCUT2D eigenvalue weighted by molar-refractivity contribution is 7.89. The number of aryl methyl sites for hydroxylation is 1. The lowest BCUT2D eigenvalue weighted by Gasteiger charge is -2.07. The number of amides is 1. The van der Waals surface area contributed by atoms with E-state index in [0.717, 1.165) is 0 Å². The molecule has 27 heavy (non-hydrogen) atoms. The van der Waals surface area contributed by atoms with Crippen molar-refractivity contribution < 1.29 is 22.5 Å². The Bertz CT molecular complexity index is 1040. The number of benzene rings is 1. The first-order valence-electron chi connectivity index (χ1n) is 7.66. The Hall–Kier alpha value is -3.25. The maximum atomic E-state index is 12.3. The average molecular weight is 392 g/mol. The van der Waals surface area contributed by atoms with E-state index in [-0.39, 0.29) is 23.9 Å². The highest BCUT2D eigenvalue weighted by Gasteiger charge is 2.17. The molecule has 0 aliphatic heterocycles. The molecule has 0 saturated heterocycles. The van der Waals surface area contributed by atoms with Crippen LogP contribution in [0.25, 0.3) is 11.4 Å². The summed E-state index contributed by atoms with van der Waals surface area (Å²) in [4.78, 5) is 14.8. The Balaban J connectivity index is 1.63. The van der Waals surface area contributed by atoms with Gasteiger partial charge in [-0.25, -0.2) is 13.1 Å². The van der Waals surface area contributed by atoms with Gasteiger partial charge in [-0.05, 0) is 24.3 Å². The van der Waals surface area contributed by atoms with Crippen molar-refractivity contribution in [3.63, 3.8) is 0 Å². The zero-order valence-electron chi connectivity index (χ0n) is 14.2. The molecule has 0 radical (unpaired) electrons. The molecule has 2 heterocycles. The summed E-state index contributed by atoms with van der Waals surface area (Å²) in [6, 6.07) is 5.52.